The molecule has 0 aromatic rings. The van der Waals surface area contributed by atoms with Crippen molar-refractivity contribution in [3.05, 3.63) is 0 Å². The molecule has 0 unspecified atom stereocenters. The first kappa shape index (κ1) is 320. The van der Waals surface area contributed by atoms with Gasteiger partial charge >= 0.3 is 2250 Å². The molecule has 68 heteroatoms. The molecule has 0 radical (unpaired) electrons. The number of phosphoric acid groups is 5. The number of hydrogen-bond acceptors (Lipinski definition) is 5. The molecule has 0 aromatic carbocycles. The smallest absolute Gasteiger partial charge is 0.303 e. The summed E-state index contributed by atoms with van der Waals surface area (Å²) in [6, 6.07) is 0. The average Bonchev–Trinajstić information content (AvgIpc) is 1.79. The Labute approximate surface area is 2240 Å². The van der Waals surface area contributed by atoms with E-state index in [4.69, 9.17) is 96.2 Å². The van der Waals surface area contributed by atoms with Crippen molar-refractivity contribution in [1.29, 1.82) is 0 Å². The molecule has 0 aliphatic heterocycles. The fraction of sp³-hybridized carbons (Fsp3) is 0. The first-order valence-corrected chi connectivity index (χ1v) is 11.7. The summed E-state index contributed by atoms with van der Waals surface area (Å²) < 4.78 is 44.4. The van der Waals surface area contributed by atoms with Crippen LogP contribution in [0.3, 0.4) is 0 Å². The van der Waals surface area contributed by atoms with Crippen molar-refractivity contribution < 1.29 is 2310 Å². The van der Waals surface area contributed by atoms with Gasteiger partial charge in [0.1, 0.15) is 0 Å². The van der Waals surface area contributed by atoms with E-state index in [9.17, 15) is 0 Å². The minimum atomic E-state index is -4.64. The summed E-state index contributed by atoms with van der Waals surface area (Å²) >= 11 is 0. The normalized spacial score (nSPS) is 4.34. The summed E-state index contributed by atoms with van der Waals surface area (Å²) in [5, 5.41) is 0. The van der Waals surface area contributed by atoms with Gasteiger partial charge in [-0.2, -0.15) is 0 Å². The Kier molecular flexibility index (Phi) is 1190. The maximum Gasteiger partial charge on any atom is 1.00 e. The fourth-order valence-electron chi connectivity index (χ4n) is 0. The molecule has 0 aliphatic carbocycles. The van der Waals surface area contributed by atoms with Crippen molar-refractivity contribution >= 4 is 39.1 Å². The van der Waals surface area contributed by atoms with Crippen molar-refractivity contribution in [2.75, 3.05) is 0 Å². The first-order valence-electron chi connectivity index (χ1n) is 3.91. The van der Waals surface area contributed by atoms with E-state index < -0.39 is 39.1 Å². The van der Waals surface area contributed by atoms with Crippen molar-refractivity contribution in [3.8, 4) is 0 Å². The van der Waals surface area contributed by atoms with Gasteiger partial charge in [-0.05, 0) is 0 Å². The summed E-state index contributed by atoms with van der Waals surface area (Å²) in [4.78, 5) is 108. The monoisotopic (exact) mass is 2170 g/mol. The quantitative estimate of drug-likeness (QED) is 0.0791. The van der Waals surface area contributed by atoms with Gasteiger partial charge < -0.3 is 73.4 Å². The molecule has 0 saturated heterocycles. The molecule has 0 amide bonds. The van der Waals surface area contributed by atoms with E-state index in [1.54, 1.807) is 0 Å². The Hall–Kier alpha value is 70.9. The molecule has 0 aliphatic rings. The zero-order valence-electron chi connectivity index (χ0n) is 54.0. The predicted octanol–water partition coefficient (Wildman–Crippen LogP) is -133. The molecule has 20 nitrogen and oxygen atoms in total. The van der Waals surface area contributed by atoms with E-state index >= 15 is 0 Å². The van der Waals surface area contributed by atoms with Crippen LogP contribution in [0.25, 0.3) is 0 Å². The van der Waals surface area contributed by atoms with Crippen LogP contribution in [0.1, 0.15) is 0 Å². The van der Waals surface area contributed by atoms with Gasteiger partial charge in [-0.3, -0.25) is 0 Å². The van der Waals surface area contributed by atoms with Crippen LogP contribution in [0.5, 0.6) is 0 Å². The summed E-state index contributed by atoms with van der Waals surface area (Å²) in [5.74, 6) is 0. The van der Waals surface area contributed by atoms with Crippen molar-refractivity contribution in [2.24, 2.45) is 0 Å². The number of rotatable bonds is 0. The summed E-state index contributed by atoms with van der Waals surface area (Å²) in [7, 11) is -23.2. The van der Waals surface area contributed by atoms with E-state index in [1.807, 2.05) is 0 Å². The van der Waals surface area contributed by atoms with Gasteiger partial charge in [-0.25, -0.2) is 22.8 Å². The molecule has 0 atom stereocenters. The fourth-order valence-corrected chi connectivity index (χ4v) is 0. The second-order valence-corrected chi connectivity index (χ2v) is 7.70. The van der Waals surface area contributed by atoms with Gasteiger partial charge in [0.15, 0.2) is 0 Å². The maximum atomic E-state index is 8.88. The molecule has 0 rings (SSSR count). The Balaban J connectivity index is -0.00000000138. The molecule has 0 aromatic heterocycles. The predicted molar refractivity (Wildman–Crippen MR) is 71.3 cm³/mol. The Morgan fingerprint density at radius 1 is 0.103 bits per heavy atom. The van der Waals surface area contributed by atoms with Gasteiger partial charge in [-0.15, -0.1) is 0 Å². The molecule has 0 heterocycles. The SMILES string of the molecule is O=P(O)(O)O.O=P(O)(O)O.O=P(O)(O)O.O=P(O)(O)O.O=P(O)(O)O.[K+].[K+].[K+].[K+].[K+].[K+].[K+].[K+].[K+].[K+].[K+].[K+].[K+].[K+].[K+].[K+].[K+].[K+].[K+].[K+].[K+].[K+].[K+].[K+].[K+].[K+].[K+].[K+].[K+].[K+].[K+].[K+].[K+].[K+].[K+].[K+].[K+].[K+].[K+].[K+].[K+].[K+].[K+]. The van der Waals surface area contributed by atoms with Crippen LogP contribution in [0, 0.1) is 0 Å². The van der Waals surface area contributed by atoms with Gasteiger partial charge in [0, 0.05) is 0 Å². The van der Waals surface area contributed by atoms with Gasteiger partial charge in [0.2, 0.25) is 0 Å². The molecule has 160 valence electrons. The summed E-state index contributed by atoms with van der Waals surface area (Å²) in [5.41, 5.74) is 0. The first-order chi connectivity index (χ1) is 10.0. The van der Waals surface area contributed by atoms with Crippen molar-refractivity contribution in [3.63, 3.8) is 0 Å². The van der Waals surface area contributed by atoms with Crippen LogP contribution in [0.4, 0.5) is 0 Å². The number of hydrogen-bond donors (Lipinski definition) is 15. The van der Waals surface area contributed by atoms with E-state index in [-0.39, 0.29) is 2210 Å². The topological polar surface area (TPSA) is 389 Å². The van der Waals surface area contributed by atoms with Crippen molar-refractivity contribution in [2.45, 2.75) is 0 Å². The van der Waals surface area contributed by atoms with Crippen LogP contribution in [-0.2, 0) is 22.8 Å². The maximum absolute atomic E-state index is 8.88. The third-order valence-corrected chi connectivity index (χ3v) is 0. The second kappa shape index (κ2) is 254. The standard InChI is InChI=1S/43K.5H3O4P/c;;;;;;;;;;;;;;;;;;;;;;;;;;;;;;;;;;;;;;;;;;;5*1-5(2,3)4/h;;;;;;;;;;;;;;;;;;;;;;;;;;;;;;;;;;;;;;;;;;;5*(H3,1,2,3,4)/q43*+1;;;;;. The van der Waals surface area contributed by atoms with Crippen LogP contribution in [-0.4, -0.2) is 73.4 Å². The van der Waals surface area contributed by atoms with Crippen LogP contribution in [0.2, 0.25) is 0 Å². The van der Waals surface area contributed by atoms with Crippen LogP contribution < -0.4 is 2210 Å². The summed E-state index contributed by atoms with van der Waals surface area (Å²) in [6.45, 7) is 0. The Morgan fingerprint density at radius 2 is 0.103 bits per heavy atom. The van der Waals surface area contributed by atoms with Crippen LogP contribution in [0.15, 0.2) is 0 Å². The largest absolute Gasteiger partial charge is 1.00 e. The van der Waals surface area contributed by atoms with Gasteiger partial charge in [0.05, 0.1) is 0 Å². The zero-order chi connectivity index (χ0) is 22.5. The molecule has 68 heavy (non-hydrogen) atoms. The minimum Gasteiger partial charge on any atom is -0.303 e. The van der Waals surface area contributed by atoms with E-state index in [2.05, 4.69) is 0 Å². The minimum absolute atomic E-state index is 0. The summed E-state index contributed by atoms with van der Waals surface area (Å²) in [6.07, 6.45) is 0. The molecule has 0 fully saturated rings. The van der Waals surface area contributed by atoms with E-state index in [1.165, 1.54) is 0 Å². The molecule has 0 bridgehead atoms. The third-order valence-electron chi connectivity index (χ3n) is 0. The zero-order valence-corrected chi connectivity index (χ0v) is 193. The van der Waals surface area contributed by atoms with Crippen molar-refractivity contribution in [1.82, 2.24) is 0 Å². The third kappa shape index (κ3) is 503. The van der Waals surface area contributed by atoms with Crippen LogP contribution >= 0.6 is 39.1 Å². The van der Waals surface area contributed by atoms with Gasteiger partial charge in [0.25, 0.3) is 0 Å². The molecule has 15 N–H and O–H groups in total. The molecule has 0 spiro atoms. The molecular formula is H15K43O20P5+43. The van der Waals surface area contributed by atoms with Gasteiger partial charge in [-0.1, -0.05) is 0 Å². The Morgan fingerprint density at radius 3 is 0.103 bits per heavy atom. The Bertz CT molecular complexity index is 430. The molecular weight excluding hydrogens is 2160 g/mol. The average molecular weight is 2170 g/mol. The second-order valence-electron chi connectivity index (χ2n) is 2.57. The molecule has 0 saturated carbocycles. The van der Waals surface area contributed by atoms with E-state index in [0.717, 1.165) is 0 Å². The van der Waals surface area contributed by atoms with E-state index in [0.29, 0.717) is 0 Å².